The van der Waals surface area contributed by atoms with Gasteiger partial charge in [-0.3, -0.25) is 5.41 Å². The molecule has 2 aromatic rings. The second-order valence-corrected chi connectivity index (χ2v) is 5.58. The number of nitrogens with zero attached hydrogens (tertiary/aromatic N) is 2. The van der Waals surface area contributed by atoms with Gasteiger partial charge in [0, 0.05) is 36.2 Å². The van der Waals surface area contributed by atoms with Crippen molar-refractivity contribution in [1.82, 2.24) is 9.47 Å². The lowest BCUT2D eigenvalue weighted by Crippen LogP contribution is -2.37. The predicted octanol–water partition coefficient (Wildman–Crippen LogP) is 3.40. The Hall–Kier alpha value is -2.01. The highest BCUT2D eigenvalue weighted by atomic mass is 35.5. The number of rotatable bonds is 2. The summed E-state index contributed by atoms with van der Waals surface area (Å²) in [4.78, 5) is 13.5. The Morgan fingerprint density at radius 1 is 1.27 bits per heavy atom. The Morgan fingerprint density at radius 2 is 1.91 bits per heavy atom. The number of fused-ring (bicyclic) bond motifs is 1. The summed E-state index contributed by atoms with van der Waals surface area (Å²) in [7, 11) is 0. The van der Waals surface area contributed by atoms with Crippen molar-refractivity contribution in [2.24, 2.45) is 0 Å². The van der Waals surface area contributed by atoms with Crippen LogP contribution in [0.5, 0.6) is 0 Å². The number of halogens is 1. The summed E-state index contributed by atoms with van der Waals surface area (Å²) in [6, 6.07) is 7.97. The smallest absolute Gasteiger partial charge is 0.337 e. The lowest BCUT2D eigenvalue weighted by atomic mass is 10.0. The van der Waals surface area contributed by atoms with Crippen LogP contribution >= 0.6 is 12.4 Å². The molecule has 1 aliphatic heterocycles. The molecule has 0 radical (unpaired) electrons. The molecule has 0 unspecified atom stereocenters. The summed E-state index contributed by atoms with van der Waals surface area (Å²) < 4.78 is 2.11. The highest BCUT2D eigenvalue weighted by molar-refractivity contribution is 6.03. The van der Waals surface area contributed by atoms with Gasteiger partial charge in [-0.15, -0.1) is 12.4 Å². The fourth-order valence-corrected chi connectivity index (χ4v) is 3.16. The minimum Gasteiger partial charge on any atom is -0.478 e. The van der Waals surface area contributed by atoms with E-state index in [2.05, 4.69) is 9.47 Å². The number of carboxylic acid groups (broad SMARTS) is 1. The van der Waals surface area contributed by atoms with Crippen LogP contribution in [0.4, 0.5) is 0 Å². The number of hydrogen-bond acceptors (Lipinski definition) is 2. The molecule has 6 heteroatoms. The molecule has 1 saturated heterocycles. The normalized spacial score (nSPS) is 15.6. The summed E-state index contributed by atoms with van der Waals surface area (Å²) in [5.41, 5.74) is 1.36. The molecular formula is C16H20ClN3O2. The first kappa shape index (κ1) is 16.4. The largest absolute Gasteiger partial charge is 0.478 e. The Morgan fingerprint density at radius 3 is 2.50 bits per heavy atom. The average molecular weight is 322 g/mol. The van der Waals surface area contributed by atoms with E-state index >= 15 is 0 Å². The van der Waals surface area contributed by atoms with Gasteiger partial charge in [0.15, 0.2) is 0 Å². The molecule has 118 valence electrons. The van der Waals surface area contributed by atoms with Crippen LogP contribution in [0.3, 0.4) is 0 Å². The third kappa shape index (κ3) is 2.81. The Kier molecular flexibility index (Phi) is 4.76. The number of piperidine rings is 1. The van der Waals surface area contributed by atoms with Gasteiger partial charge >= 0.3 is 5.97 Å². The maximum Gasteiger partial charge on any atom is 0.337 e. The quantitative estimate of drug-likeness (QED) is 0.658. The fraction of sp³-hybridized carbons (Fsp3) is 0.375. The average Bonchev–Trinajstić information content (AvgIpc) is 2.87. The summed E-state index contributed by atoms with van der Waals surface area (Å²) in [5.74, 6) is -0.269. The minimum atomic E-state index is -0.877. The van der Waals surface area contributed by atoms with E-state index in [9.17, 15) is 9.90 Å². The van der Waals surface area contributed by atoms with E-state index in [0.717, 1.165) is 36.8 Å². The summed E-state index contributed by atoms with van der Waals surface area (Å²) >= 11 is 0. The topological polar surface area (TPSA) is 69.3 Å². The van der Waals surface area contributed by atoms with Crippen LogP contribution in [0.1, 0.15) is 36.2 Å². The summed E-state index contributed by atoms with van der Waals surface area (Å²) in [6.07, 6.45) is 3.65. The first-order valence-corrected chi connectivity index (χ1v) is 7.21. The van der Waals surface area contributed by atoms with Crippen LogP contribution in [-0.4, -0.2) is 39.5 Å². The number of para-hydroxylation sites is 1. The monoisotopic (exact) mass is 321 g/mol. The SMILES string of the molecule is CC(=N)N1CCC(n2cc(C(=O)O)c3ccccc32)CC1.Cl. The van der Waals surface area contributed by atoms with E-state index in [0.29, 0.717) is 17.4 Å². The van der Waals surface area contributed by atoms with Crippen LogP contribution in [0.2, 0.25) is 0 Å². The van der Waals surface area contributed by atoms with Crippen molar-refractivity contribution in [1.29, 1.82) is 5.41 Å². The number of nitrogens with one attached hydrogen (secondary N) is 1. The lowest BCUT2D eigenvalue weighted by Gasteiger charge is -2.33. The number of amidine groups is 1. The molecule has 0 saturated carbocycles. The zero-order valence-corrected chi connectivity index (χ0v) is 13.3. The van der Waals surface area contributed by atoms with E-state index in [4.69, 9.17) is 5.41 Å². The van der Waals surface area contributed by atoms with E-state index in [1.54, 1.807) is 6.20 Å². The number of aromatic carboxylic acids is 1. The summed E-state index contributed by atoms with van der Waals surface area (Å²) in [6.45, 7) is 3.53. The third-order valence-corrected chi connectivity index (χ3v) is 4.30. The van der Waals surface area contributed by atoms with E-state index in [-0.39, 0.29) is 12.4 Å². The van der Waals surface area contributed by atoms with Gasteiger partial charge in [0.2, 0.25) is 0 Å². The fourth-order valence-electron chi connectivity index (χ4n) is 3.16. The molecule has 5 nitrogen and oxygen atoms in total. The lowest BCUT2D eigenvalue weighted by molar-refractivity contribution is 0.0698. The zero-order chi connectivity index (χ0) is 15.0. The maximum atomic E-state index is 11.4. The first-order chi connectivity index (χ1) is 10.1. The van der Waals surface area contributed by atoms with E-state index < -0.39 is 5.97 Å². The zero-order valence-electron chi connectivity index (χ0n) is 12.5. The molecule has 2 heterocycles. The Labute approximate surface area is 135 Å². The molecule has 1 fully saturated rings. The molecule has 2 N–H and O–H groups in total. The standard InChI is InChI=1S/C16H19N3O2.ClH/c1-11(17)18-8-6-12(7-9-18)19-10-14(16(20)21)13-4-2-3-5-15(13)19;/h2-5,10,12,17H,6-9H2,1H3,(H,20,21);1H. The minimum absolute atomic E-state index is 0. The highest BCUT2D eigenvalue weighted by Gasteiger charge is 2.23. The first-order valence-electron chi connectivity index (χ1n) is 7.21. The van der Waals surface area contributed by atoms with Gasteiger partial charge in [-0.05, 0) is 25.8 Å². The van der Waals surface area contributed by atoms with Crippen LogP contribution in [0.15, 0.2) is 30.5 Å². The second kappa shape index (κ2) is 6.40. The molecule has 0 atom stereocenters. The maximum absolute atomic E-state index is 11.4. The van der Waals surface area contributed by atoms with Crippen molar-refractivity contribution in [3.63, 3.8) is 0 Å². The molecule has 1 aromatic carbocycles. The van der Waals surface area contributed by atoms with Crippen LogP contribution in [0, 0.1) is 5.41 Å². The Balaban J connectivity index is 0.00000176. The molecule has 0 spiro atoms. The number of benzene rings is 1. The number of carboxylic acids is 1. The molecule has 0 amide bonds. The van der Waals surface area contributed by atoms with Crippen LogP contribution in [-0.2, 0) is 0 Å². The third-order valence-electron chi connectivity index (χ3n) is 4.30. The van der Waals surface area contributed by atoms with Gasteiger partial charge in [0.25, 0.3) is 0 Å². The molecule has 22 heavy (non-hydrogen) atoms. The Bertz CT molecular complexity index is 702. The van der Waals surface area contributed by atoms with Gasteiger partial charge in [-0.25, -0.2) is 4.79 Å². The molecular weight excluding hydrogens is 302 g/mol. The number of carbonyl (C=O) groups is 1. The number of likely N-dealkylation sites (tertiary alicyclic amines) is 1. The highest BCUT2D eigenvalue weighted by Crippen LogP contribution is 2.30. The predicted molar refractivity (Wildman–Crippen MR) is 89.4 cm³/mol. The molecule has 0 aliphatic carbocycles. The van der Waals surface area contributed by atoms with Crippen molar-refractivity contribution >= 4 is 35.1 Å². The molecule has 0 bridgehead atoms. The van der Waals surface area contributed by atoms with E-state index in [1.165, 1.54) is 0 Å². The van der Waals surface area contributed by atoms with Crippen molar-refractivity contribution < 1.29 is 9.90 Å². The second-order valence-electron chi connectivity index (χ2n) is 5.58. The van der Waals surface area contributed by atoms with Crippen molar-refractivity contribution in [3.8, 4) is 0 Å². The van der Waals surface area contributed by atoms with Gasteiger partial charge < -0.3 is 14.6 Å². The molecule has 1 aromatic heterocycles. The van der Waals surface area contributed by atoms with Gasteiger partial charge in [0.05, 0.1) is 11.4 Å². The number of hydrogen-bond donors (Lipinski definition) is 2. The summed E-state index contributed by atoms with van der Waals surface area (Å²) in [5, 5.41) is 17.9. The molecule has 3 rings (SSSR count). The van der Waals surface area contributed by atoms with Crippen LogP contribution in [0.25, 0.3) is 10.9 Å². The van der Waals surface area contributed by atoms with Crippen molar-refractivity contribution in [2.45, 2.75) is 25.8 Å². The van der Waals surface area contributed by atoms with Crippen molar-refractivity contribution in [2.75, 3.05) is 13.1 Å². The molecule has 1 aliphatic rings. The van der Waals surface area contributed by atoms with Gasteiger partial charge in [0.1, 0.15) is 0 Å². The van der Waals surface area contributed by atoms with Crippen LogP contribution < -0.4 is 0 Å². The van der Waals surface area contributed by atoms with E-state index in [1.807, 2.05) is 31.2 Å². The number of aromatic nitrogens is 1. The van der Waals surface area contributed by atoms with Gasteiger partial charge in [-0.2, -0.15) is 0 Å². The van der Waals surface area contributed by atoms with Gasteiger partial charge in [-0.1, -0.05) is 18.2 Å². The van der Waals surface area contributed by atoms with Crippen molar-refractivity contribution in [3.05, 3.63) is 36.0 Å².